The van der Waals surface area contributed by atoms with Gasteiger partial charge < -0.3 is 24.2 Å². The molecule has 8 heteroatoms. The Labute approximate surface area is 222 Å². The highest BCUT2D eigenvalue weighted by atomic mass is 16.5. The van der Waals surface area contributed by atoms with Crippen LogP contribution in [-0.2, 0) is 16.1 Å². The summed E-state index contributed by atoms with van der Waals surface area (Å²) in [6.07, 6.45) is 3.51. The van der Waals surface area contributed by atoms with E-state index in [-0.39, 0.29) is 12.1 Å². The van der Waals surface area contributed by atoms with Crippen molar-refractivity contribution in [2.45, 2.75) is 33.4 Å². The number of aromatic nitrogens is 1. The van der Waals surface area contributed by atoms with Gasteiger partial charge in [0.25, 0.3) is 5.91 Å². The third-order valence-electron chi connectivity index (χ3n) is 6.39. The van der Waals surface area contributed by atoms with Crippen molar-refractivity contribution in [1.82, 2.24) is 4.90 Å². The number of carbonyl (C=O) groups excluding carboxylic acids is 2. The molecule has 2 aromatic carbocycles. The lowest BCUT2D eigenvalue weighted by molar-refractivity contribution is -0.378. The van der Waals surface area contributed by atoms with Gasteiger partial charge in [0.1, 0.15) is 5.75 Å². The summed E-state index contributed by atoms with van der Waals surface area (Å²) in [4.78, 5) is 31.1. The van der Waals surface area contributed by atoms with E-state index < -0.39 is 23.5 Å². The summed E-state index contributed by atoms with van der Waals surface area (Å²) in [6.45, 7) is 6.65. The molecule has 4 rings (SSSR count). The minimum Gasteiger partial charge on any atom is -0.872 e. The maximum Gasteiger partial charge on any atom is 0.295 e. The molecular weight excluding hydrogens is 484 g/mol. The predicted molar refractivity (Wildman–Crippen MR) is 139 cm³/mol. The van der Waals surface area contributed by atoms with Gasteiger partial charge in [-0.1, -0.05) is 31.7 Å². The molecule has 0 aliphatic carbocycles. The minimum atomic E-state index is -0.903. The Morgan fingerprint density at radius 1 is 1.03 bits per heavy atom. The van der Waals surface area contributed by atoms with Crippen LogP contribution in [0.25, 0.3) is 5.76 Å². The number of methoxy groups -OCH3 is 2. The molecule has 1 amide bonds. The van der Waals surface area contributed by atoms with Crippen LogP contribution in [0.5, 0.6) is 17.2 Å². The summed E-state index contributed by atoms with van der Waals surface area (Å²) < 4.78 is 16.7. The molecule has 1 aliphatic rings. The van der Waals surface area contributed by atoms with Crippen LogP contribution in [0.3, 0.4) is 0 Å². The zero-order chi connectivity index (χ0) is 27.4. The summed E-state index contributed by atoms with van der Waals surface area (Å²) >= 11 is 0. The average Bonchev–Trinajstić information content (AvgIpc) is 3.16. The number of amides is 1. The van der Waals surface area contributed by atoms with Crippen molar-refractivity contribution in [3.63, 3.8) is 0 Å². The van der Waals surface area contributed by atoms with Crippen LogP contribution in [0.1, 0.15) is 42.1 Å². The van der Waals surface area contributed by atoms with Crippen LogP contribution in [-0.4, -0.2) is 37.4 Å². The second kappa shape index (κ2) is 11.4. The first-order valence-corrected chi connectivity index (χ1v) is 12.4. The van der Waals surface area contributed by atoms with E-state index in [0.717, 1.165) is 11.1 Å². The number of nitrogens with one attached hydrogen (secondary N) is 1. The minimum absolute atomic E-state index is 0.0996. The van der Waals surface area contributed by atoms with Crippen LogP contribution in [0.4, 0.5) is 0 Å². The number of carbonyl (C=O) groups is 2. The van der Waals surface area contributed by atoms with Gasteiger partial charge in [0.05, 0.1) is 33.4 Å². The summed E-state index contributed by atoms with van der Waals surface area (Å²) in [5, 5.41) is 13.9. The number of benzene rings is 2. The van der Waals surface area contributed by atoms with E-state index in [1.807, 2.05) is 19.1 Å². The third kappa shape index (κ3) is 5.34. The maximum absolute atomic E-state index is 13.9. The summed E-state index contributed by atoms with van der Waals surface area (Å²) in [7, 11) is 3.03. The fourth-order valence-corrected chi connectivity index (χ4v) is 4.49. The number of hydrogen-bond donors (Lipinski definition) is 0. The molecule has 0 radical (unpaired) electrons. The topological polar surface area (TPSA) is 102 Å². The van der Waals surface area contributed by atoms with Gasteiger partial charge >= 0.3 is 0 Å². The van der Waals surface area contributed by atoms with E-state index in [1.165, 1.54) is 19.1 Å². The van der Waals surface area contributed by atoms with E-state index in [9.17, 15) is 14.7 Å². The monoisotopic (exact) mass is 516 g/mol. The van der Waals surface area contributed by atoms with Crippen LogP contribution < -0.4 is 24.3 Å². The van der Waals surface area contributed by atoms with E-state index in [4.69, 9.17) is 14.2 Å². The van der Waals surface area contributed by atoms with Crippen molar-refractivity contribution < 1.29 is 33.9 Å². The van der Waals surface area contributed by atoms with Crippen LogP contribution in [0, 0.1) is 12.8 Å². The van der Waals surface area contributed by atoms with Crippen LogP contribution in [0.2, 0.25) is 0 Å². The largest absolute Gasteiger partial charge is 0.872 e. The van der Waals surface area contributed by atoms with E-state index >= 15 is 0 Å². The van der Waals surface area contributed by atoms with Crippen molar-refractivity contribution >= 4 is 17.4 Å². The normalized spacial score (nSPS) is 16.7. The number of aryl methyl sites for hydroxylation is 1. The summed E-state index contributed by atoms with van der Waals surface area (Å²) in [5.41, 5.74) is 2.34. The number of ether oxygens (including phenoxy) is 3. The highest BCUT2D eigenvalue weighted by molar-refractivity contribution is 6.46. The number of pyridine rings is 1. The summed E-state index contributed by atoms with van der Waals surface area (Å²) in [6, 6.07) is 13.0. The molecule has 38 heavy (non-hydrogen) atoms. The predicted octanol–water partition coefficient (Wildman–Crippen LogP) is 3.29. The Morgan fingerprint density at radius 2 is 1.76 bits per heavy atom. The Kier molecular flexibility index (Phi) is 8.00. The first-order chi connectivity index (χ1) is 18.2. The molecule has 0 bridgehead atoms. The molecule has 0 saturated carbocycles. The highest BCUT2D eigenvalue weighted by Crippen LogP contribution is 2.42. The second-order valence-corrected chi connectivity index (χ2v) is 9.62. The van der Waals surface area contributed by atoms with Gasteiger partial charge in [0.15, 0.2) is 23.9 Å². The number of rotatable bonds is 9. The number of H-pyrrole nitrogens is 1. The molecule has 1 aromatic heterocycles. The molecule has 8 nitrogen and oxygen atoms in total. The molecule has 2 heterocycles. The number of nitrogens with zero attached hydrogens (tertiary/aromatic N) is 1. The lowest BCUT2D eigenvalue weighted by atomic mass is 9.94. The highest BCUT2D eigenvalue weighted by Gasteiger charge is 2.44. The number of aromatic amines is 1. The third-order valence-corrected chi connectivity index (χ3v) is 6.39. The zero-order valence-electron chi connectivity index (χ0n) is 22.2. The molecule has 1 fully saturated rings. The Bertz CT molecular complexity index is 1370. The standard InChI is InChI=1S/C30H32N2O6/c1-18(2)17-38-23-10-9-22(13-19(23)3)28(33)26-27(21-8-11-24(36-4)25(14-21)37-5)32(30(35)29(26)34)16-20-7-6-12-31-15-20/h6-15,18,27,33H,16-17H2,1-5H3. The molecule has 198 valence electrons. The van der Waals surface area contributed by atoms with E-state index in [1.54, 1.807) is 48.8 Å². The number of hydrogen-bond acceptors (Lipinski definition) is 6. The van der Waals surface area contributed by atoms with Gasteiger partial charge in [-0.05, 0) is 59.9 Å². The van der Waals surface area contributed by atoms with Crippen LogP contribution >= 0.6 is 0 Å². The number of ketones is 1. The van der Waals surface area contributed by atoms with Crippen molar-refractivity contribution in [3.05, 3.63) is 88.8 Å². The number of Topliss-reactive ketones (excluding diaryl/α,β-unsaturated/α-hetero) is 1. The zero-order valence-corrected chi connectivity index (χ0v) is 22.2. The van der Waals surface area contributed by atoms with Gasteiger partial charge in [-0.25, -0.2) is 4.98 Å². The Balaban J connectivity index is 1.83. The fraction of sp³-hybridized carbons (Fsp3) is 0.300. The summed E-state index contributed by atoms with van der Waals surface area (Å²) in [5.74, 6) is -0.0890. The van der Waals surface area contributed by atoms with Crippen molar-refractivity contribution in [2.75, 3.05) is 20.8 Å². The quantitative estimate of drug-likeness (QED) is 0.246. The van der Waals surface area contributed by atoms with Gasteiger partial charge in [0.2, 0.25) is 5.78 Å². The first kappa shape index (κ1) is 26.7. The molecule has 1 unspecified atom stereocenters. The molecule has 1 aliphatic heterocycles. The molecule has 1 atom stereocenters. The second-order valence-electron chi connectivity index (χ2n) is 9.62. The van der Waals surface area contributed by atoms with Crippen molar-refractivity contribution in [1.29, 1.82) is 0 Å². The lowest BCUT2D eigenvalue weighted by Gasteiger charge is -2.28. The van der Waals surface area contributed by atoms with Crippen molar-refractivity contribution in [3.8, 4) is 17.2 Å². The van der Waals surface area contributed by atoms with Crippen LogP contribution in [0.15, 0.2) is 66.5 Å². The SMILES string of the molecule is COc1ccc(C2C(=C([O-])c3ccc(OCC(C)C)c(C)c3)C(=O)C(=O)N2Cc2ccc[nH+]c2)cc1OC. The molecule has 1 N–H and O–H groups in total. The van der Waals surface area contributed by atoms with Gasteiger partial charge in [-0.3, -0.25) is 9.59 Å². The molecule has 3 aromatic rings. The molecule has 0 spiro atoms. The lowest BCUT2D eigenvalue weighted by Crippen LogP contribution is -2.29. The smallest absolute Gasteiger partial charge is 0.295 e. The van der Waals surface area contributed by atoms with E-state index in [2.05, 4.69) is 18.8 Å². The average molecular weight is 517 g/mol. The first-order valence-electron chi connectivity index (χ1n) is 12.4. The van der Waals surface area contributed by atoms with Gasteiger partial charge in [-0.2, -0.15) is 0 Å². The van der Waals surface area contributed by atoms with Crippen molar-refractivity contribution in [2.24, 2.45) is 5.92 Å². The molecule has 1 saturated heterocycles. The maximum atomic E-state index is 13.9. The van der Waals surface area contributed by atoms with Gasteiger partial charge in [0, 0.05) is 17.2 Å². The van der Waals surface area contributed by atoms with E-state index in [0.29, 0.717) is 40.9 Å². The number of likely N-dealkylation sites (tertiary alicyclic amines) is 1. The van der Waals surface area contributed by atoms with Gasteiger partial charge in [-0.15, -0.1) is 0 Å². The fourth-order valence-electron chi connectivity index (χ4n) is 4.49. The Hall–Kier alpha value is -4.33. The molecular formula is C30H32N2O6. The Morgan fingerprint density at radius 3 is 2.39 bits per heavy atom.